The van der Waals surface area contributed by atoms with Gasteiger partial charge in [-0.1, -0.05) is 35.0 Å². The smallest absolute Gasteiger partial charge is 0.162 e. The highest BCUT2D eigenvalue weighted by Gasteiger charge is 2.16. The molecule has 1 atom stereocenters. The van der Waals surface area contributed by atoms with E-state index in [2.05, 4.69) is 27.8 Å². The summed E-state index contributed by atoms with van der Waals surface area (Å²) >= 11 is 3.39. The van der Waals surface area contributed by atoms with E-state index in [-0.39, 0.29) is 5.78 Å². The predicted molar refractivity (Wildman–Crippen MR) is 82.5 cm³/mol. The topological polar surface area (TPSA) is 20.3 Å². The third-order valence-electron chi connectivity index (χ3n) is 3.79. The van der Waals surface area contributed by atoms with E-state index >= 15 is 0 Å². The highest BCUT2D eigenvalue weighted by molar-refractivity contribution is 9.10. The van der Waals surface area contributed by atoms with Crippen LogP contribution in [0.2, 0.25) is 0 Å². The molecule has 0 bridgehead atoms. The Balaban J connectivity index is 1.73. The summed E-state index contributed by atoms with van der Waals surface area (Å²) in [6, 6.07) is 7.66. The molecule has 0 aliphatic carbocycles. The maximum Gasteiger partial charge on any atom is 0.162 e. The van der Waals surface area contributed by atoms with Crippen molar-refractivity contribution in [2.24, 2.45) is 5.92 Å². The van der Waals surface area contributed by atoms with Crippen molar-refractivity contribution in [1.82, 2.24) is 4.90 Å². The Morgan fingerprint density at radius 2 is 2.11 bits per heavy atom. The third-order valence-corrected chi connectivity index (χ3v) is 4.31. The zero-order valence-electron chi connectivity index (χ0n) is 11.6. The fourth-order valence-corrected chi connectivity index (χ4v) is 3.00. The lowest BCUT2D eigenvalue weighted by molar-refractivity contribution is 0.0970. The van der Waals surface area contributed by atoms with E-state index in [9.17, 15) is 4.79 Å². The molecule has 1 saturated heterocycles. The van der Waals surface area contributed by atoms with Crippen LogP contribution in [-0.4, -0.2) is 30.3 Å². The van der Waals surface area contributed by atoms with E-state index in [1.165, 1.54) is 25.9 Å². The van der Waals surface area contributed by atoms with E-state index in [4.69, 9.17) is 0 Å². The first-order chi connectivity index (χ1) is 9.15. The van der Waals surface area contributed by atoms with Crippen LogP contribution in [0.4, 0.5) is 0 Å². The van der Waals surface area contributed by atoms with Gasteiger partial charge in [-0.2, -0.15) is 0 Å². The summed E-state index contributed by atoms with van der Waals surface area (Å²) in [6.07, 6.45) is 4.30. The fourth-order valence-electron chi connectivity index (χ4n) is 2.73. The van der Waals surface area contributed by atoms with Crippen LogP contribution in [-0.2, 0) is 0 Å². The first-order valence-electron chi connectivity index (χ1n) is 7.16. The highest BCUT2D eigenvalue weighted by atomic mass is 79.9. The summed E-state index contributed by atoms with van der Waals surface area (Å²) in [5, 5.41) is 0. The molecule has 2 rings (SSSR count). The van der Waals surface area contributed by atoms with E-state index in [1.54, 1.807) is 0 Å². The number of benzene rings is 1. The number of hydrogen-bond acceptors (Lipinski definition) is 2. The lowest BCUT2D eigenvalue weighted by Crippen LogP contribution is -2.35. The number of likely N-dealkylation sites (tertiary alicyclic amines) is 1. The molecular formula is C16H22BrNO. The zero-order valence-corrected chi connectivity index (χ0v) is 13.2. The van der Waals surface area contributed by atoms with E-state index < -0.39 is 0 Å². The molecule has 0 radical (unpaired) electrons. The number of carbonyl (C=O) groups excluding carboxylic acids is 1. The van der Waals surface area contributed by atoms with Gasteiger partial charge in [-0.15, -0.1) is 0 Å². The van der Waals surface area contributed by atoms with E-state index in [0.29, 0.717) is 6.42 Å². The van der Waals surface area contributed by atoms with Gasteiger partial charge in [0.25, 0.3) is 0 Å². The first-order valence-corrected chi connectivity index (χ1v) is 7.95. The van der Waals surface area contributed by atoms with Crippen LogP contribution in [0.3, 0.4) is 0 Å². The number of hydrogen-bond donors (Lipinski definition) is 0. The second kappa shape index (κ2) is 7.20. The van der Waals surface area contributed by atoms with Gasteiger partial charge in [0.2, 0.25) is 0 Å². The maximum atomic E-state index is 12.0. The van der Waals surface area contributed by atoms with Crippen LogP contribution in [0, 0.1) is 5.92 Å². The average Bonchev–Trinajstić information content (AvgIpc) is 2.39. The SMILES string of the molecule is CC1CCCN(CCCC(=O)c2ccc(Br)cc2)C1. The Kier molecular flexibility index (Phi) is 5.59. The van der Waals surface area contributed by atoms with Crippen molar-refractivity contribution in [2.45, 2.75) is 32.6 Å². The van der Waals surface area contributed by atoms with Crippen molar-refractivity contribution in [3.63, 3.8) is 0 Å². The minimum atomic E-state index is 0.262. The van der Waals surface area contributed by atoms with Gasteiger partial charge in [-0.25, -0.2) is 0 Å². The van der Waals surface area contributed by atoms with Gasteiger partial charge in [0.1, 0.15) is 0 Å². The van der Waals surface area contributed by atoms with Gasteiger partial charge in [0.05, 0.1) is 0 Å². The van der Waals surface area contributed by atoms with Crippen molar-refractivity contribution < 1.29 is 4.79 Å². The van der Waals surface area contributed by atoms with Gasteiger partial charge >= 0.3 is 0 Å². The molecule has 104 valence electrons. The molecule has 1 aliphatic heterocycles. The van der Waals surface area contributed by atoms with Crippen LogP contribution in [0.1, 0.15) is 43.0 Å². The number of nitrogens with zero attached hydrogens (tertiary/aromatic N) is 1. The van der Waals surface area contributed by atoms with E-state index in [1.807, 2.05) is 24.3 Å². The number of rotatable bonds is 5. The molecule has 0 saturated carbocycles. The molecule has 3 heteroatoms. The Bertz CT molecular complexity index is 415. The summed E-state index contributed by atoms with van der Waals surface area (Å²) in [4.78, 5) is 14.5. The molecule has 1 aromatic rings. The molecule has 0 aromatic heterocycles. The molecular weight excluding hydrogens is 302 g/mol. The van der Waals surface area contributed by atoms with Gasteiger partial charge in [0, 0.05) is 23.0 Å². The van der Waals surface area contributed by atoms with Crippen molar-refractivity contribution in [3.05, 3.63) is 34.3 Å². The molecule has 0 N–H and O–H groups in total. The minimum Gasteiger partial charge on any atom is -0.303 e. The van der Waals surface area contributed by atoms with Crippen molar-refractivity contribution in [2.75, 3.05) is 19.6 Å². The largest absolute Gasteiger partial charge is 0.303 e. The van der Waals surface area contributed by atoms with Crippen molar-refractivity contribution >= 4 is 21.7 Å². The van der Waals surface area contributed by atoms with Gasteiger partial charge in [0.15, 0.2) is 5.78 Å². The van der Waals surface area contributed by atoms with Crippen LogP contribution in [0.25, 0.3) is 0 Å². The highest BCUT2D eigenvalue weighted by Crippen LogP contribution is 2.16. The molecule has 0 spiro atoms. The molecule has 2 nitrogen and oxygen atoms in total. The van der Waals surface area contributed by atoms with Crippen LogP contribution in [0.15, 0.2) is 28.7 Å². The number of carbonyl (C=O) groups is 1. The molecule has 1 fully saturated rings. The quantitative estimate of drug-likeness (QED) is 0.759. The Morgan fingerprint density at radius 3 is 2.79 bits per heavy atom. The Hall–Kier alpha value is -0.670. The summed E-state index contributed by atoms with van der Waals surface area (Å²) in [5.74, 6) is 1.08. The third kappa shape index (κ3) is 4.73. The summed E-state index contributed by atoms with van der Waals surface area (Å²) in [6.45, 7) is 5.79. The lowest BCUT2D eigenvalue weighted by Gasteiger charge is -2.30. The Morgan fingerprint density at radius 1 is 1.37 bits per heavy atom. The Labute approximate surface area is 124 Å². The fraction of sp³-hybridized carbons (Fsp3) is 0.562. The van der Waals surface area contributed by atoms with Gasteiger partial charge in [-0.05, 0) is 50.4 Å². The number of halogens is 1. The molecule has 1 heterocycles. The van der Waals surface area contributed by atoms with Gasteiger partial charge < -0.3 is 4.90 Å². The first kappa shape index (κ1) is 14.7. The lowest BCUT2D eigenvalue weighted by atomic mass is 10.00. The van der Waals surface area contributed by atoms with Crippen molar-refractivity contribution in [3.8, 4) is 0 Å². The normalized spacial score (nSPS) is 20.4. The van der Waals surface area contributed by atoms with Crippen molar-refractivity contribution in [1.29, 1.82) is 0 Å². The van der Waals surface area contributed by atoms with E-state index in [0.717, 1.165) is 28.9 Å². The number of piperidine rings is 1. The van der Waals surface area contributed by atoms with Crippen LogP contribution in [0.5, 0.6) is 0 Å². The van der Waals surface area contributed by atoms with Gasteiger partial charge in [-0.3, -0.25) is 4.79 Å². The number of ketones is 1. The maximum absolute atomic E-state index is 12.0. The number of Topliss-reactive ketones (excluding diaryl/α,β-unsaturated/α-hetero) is 1. The van der Waals surface area contributed by atoms with Crippen LogP contribution < -0.4 is 0 Å². The summed E-state index contributed by atoms with van der Waals surface area (Å²) in [7, 11) is 0. The molecule has 1 unspecified atom stereocenters. The second-order valence-corrected chi connectivity index (χ2v) is 6.50. The monoisotopic (exact) mass is 323 g/mol. The standard InChI is InChI=1S/C16H22BrNO/c1-13-4-2-10-18(12-13)11-3-5-16(19)14-6-8-15(17)9-7-14/h6-9,13H,2-5,10-12H2,1H3. The van der Waals surface area contributed by atoms with Crippen LogP contribution >= 0.6 is 15.9 Å². The minimum absolute atomic E-state index is 0.262. The predicted octanol–water partition coefficient (Wildman–Crippen LogP) is 4.14. The molecule has 1 aromatic carbocycles. The molecule has 0 amide bonds. The average molecular weight is 324 g/mol. The second-order valence-electron chi connectivity index (χ2n) is 5.58. The summed E-state index contributed by atoms with van der Waals surface area (Å²) in [5.41, 5.74) is 0.829. The molecule has 1 aliphatic rings. The molecule has 19 heavy (non-hydrogen) atoms. The zero-order chi connectivity index (χ0) is 13.7. The summed E-state index contributed by atoms with van der Waals surface area (Å²) < 4.78 is 1.02.